The van der Waals surface area contributed by atoms with Crippen molar-refractivity contribution in [2.75, 3.05) is 11.1 Å². The molecule has 1 heterocycles. The van der Waals surface area contributed by atoms with E-state index < -0.39 is 0 Å². The Morgan fingerprint density at radius 3 is 2.44 bits per heavy atom. The van der Waals surface area contributed by atoms with Crippen LogP contribution in [0.5, 0.6) is 5.75 Å². The molecule has 138 valence electrons. The van der Waals surface area contributed by atoms with Gasteiger partial charge in [0, 0.05) is 24.5 Å². The van der Waals surface area contributed by atoms with Crippen molar-refractivity contribution in [1.29, 1.82) is 0 Å². The molecule has 1 amide bonds. The van der Waals surface area contributed by atoms with Crippen LogP contribution in [0.2, 0.25) is 0 Å². The number of nitrogens with two attached hydrogens (primary N) is 1. The van der Waals surface area contributed by atoms with E-state index in [1.165, 1.54) is 10.6 Å². The molecule has 0 atom stereocenters. The van der Waals surface area contributed by atoms with Crippen molar-refractivity contribution < 1.29 is 9.53 Å². The van der Waals surface area contributed by atoms with Crippen LogP contribution in [0.25, 0.3) is 0 Å². The van der Waals surface area contributed by atoms with Crippen molar-refractivity contribution in [2.45, 2.75) is 13.5 Å². The first-order valence-electron chi connectivity index (χ1n) is 8.50. The van der Waals surface area contributed by atoms with Gasteiger partial charge in [0.1, 0.15) is 12.4 Å². The Balaban J connectivity index is 1.69. The second-order valence-electron chi connectivity index (χ2n) is 6.21. The molecule has 0 aliphatic rings. The van der Waals surface area contributed by atoms with E-state index in [0.29, 0.717) is 29.3 Å². The molecule has 0 aliphatic heterocycles. The summed E-state index contributed by atoms with van der Waals surface area (Å²) in [4.78, 5) is 24.3. The quantitative estimate of drug-likeness (QED) is 0.729. The van der Waals surface area contributed by atoms with Crippen LogP contribution in [-0.4, -0.2) is 10.5 Å². The fraction of sp³-hybridized carbons (Fsp3) is 0.143. The lowest BCUT2D eigenvalue weighted by molar-refractivity contribution is 0.102. The van der Waals surface area contributed by atoms with Crippen LogP contribution in [0.15, 0.2) is 65.5 Å². The molecule has 0 bridgehead atoms. The normalized spacial score (nSPS) is 10.4. The van der Waals surface area contributed by atoms with Crippen LogP contribution in [0, 0.1) is 6.92 Å². The third-order valence-electron chi connectivity index (χ3n) is 4.35. The van der Waals surface area contributed by atoms with E-state index in [1.807, 2.05) is 30.3 Å². The van der Waals surface area contributed by atoms with E-state index in [-0.39, 0.29) is 17.2 Å². The van der Waals surface area contributed by atoms with Gasteiger partial charge in [0.25, 0.3) is 11.5 Å². The zero-order chi connectivity index (χ0) is 19.4. The fourth-order valence-corrected chi connectivity index (χ4v) is 2.71. The predicted octanol–water partition coefficient (Wildman–Crippen LogP) is 3.11. The van der Waals surface area contributed by atoms with Crippen molar-refractivity contribution in [3.63, 3.8) is 0 Å². The van der Waals surface area contributed by atoms with Crippen molar-refractivity contribution in [2.24, 2.45) is 7.05 Å². The molecule has 0 saturated heterocycles. The standard InChI is InChI=1S/C21H21N3O3/c1-14-20(18(22)12-19(25)24(14)2)21(26)23-16-8-10-17(11-9-16)27-13-15-6-4-3-5-7-15/h3-12H,13,22H2,1-2H3,(H,23,26). The van der Waals surface area contributed by atoms with E-state index in [0.717, 1.165) is 5.56 Å². The predicted molar refractivity (Wildman–Crippen MR) is 106 cm³/mol. The van der Waals surface area contributed by atoms with Gasteiger partial charge in [-0.1, -0.05) is 30.3 Å². The number of hydrogen-bond donors (Lipinski definition) is 2. The Bertz CT molecular complexity index is 1010. The molecule has 0 unspecified atom stereocenters. The van der Waals surface area contributed by atoms with E-state index in [4.69, 9.17) is 10.5 Å². The average Bonchev–Trinajstić information content (AvgIpc) is 2.66. The highest BCUT2D eigenvalue weighted by molar-refractivity contribution is 6.08. The zero-order valence-corrected chi connectivity index (χ0v) is 15.2. The SMILES string of the molecule is Cc1c(C(=O)Nc2ccc(OCc3ccccc3)cc2)c(N)cc(=O)n1C. The first-order chi connectivity index (χ1) is 13.0. The molecular weight excluding hydrogens is 342 g/mol. The summed E-state index contributed by atoms with van der Waals surface area (Å²) in [6.07, 6.45) is 0. The molecule has 0 fully saturated rings. The van der Waals surface area contributed by atoms with Gasteiger partial charge in [-0.25, -0.2) is 0 Å². The number of pyridine rings is 1. The number of aromatic nitrogens is 1. The molecule has 3 aromatic rings. The molecule has 1 aromatic heterocycles. The maximum absolute atomic E-state index is 12.6. The Kier molecular flexibility index (Phi) is 5.26. The van der Waals surface area contributed by atoms with Crippen molar-refractivity contribution in [3.05, 3.63) is 87.8 Å². The van der Waals surface area contributed by atoms with Gasteiger partial charge in [-0.3, -0.25) is 9.59 Å². The summed E-state index contributed by atoms with van der Waals surface area (Å²) in [5, 5.41) is 2.80. The number of amides is 1. The number of nitrogen functional groups attached to an aromatic ring is 1. The maximum Gasteiger partial charge on any atom is 0.259 e. The van der Waals surface area contributed by atoms with Crippen LogP contribution < -0.4 is 21.3 Å². The summed E-state index contributed by atoms with van der Waals surface area (Å²) in [5.41, 5.74) is 8.28. The molecule has 27 heavy (non-hydrogen) atoms. The Morgan fingerprint density at radius 2 is 1.78 bits per heavy atom. The van der Waals surface area contributed by atoms with Crippen molar-refractivity contribution in [3.8, 4) is 5.75 Å². The van der Waals surface area contributed by atoms with Crippen LogP contribution in [0.3, 0.4) is 0 Å². The molecule has 0 radical (unpaired) electrons. The average molecular weight is 363 g/mol. The van der Waals surface area contributed by atoms with Gasteiger partial charge < -0.3 is 20.4 Å². The summed E-state index contributed by atoms with van der Waals surface area (Å²) >= 11 is 0. The maximum atomic E-state index is 12.6. The van der Waals surface area contributed by atoms with Crippen molar-refractivity contribution in [1.82, 2.24) is 4.57 Å². The molecule has 2 aromatic carbocycles. The first kappa shape index (κ1) is 18.3. The summed E-state index contributed by atoms with van der Waals surface area (Å²) in [6, 6.07) is 18.2. The molecule has 0 spiro atoms. The molecule has 0 aliphatic carbocycles. The van der Waals surface area contributed by atoms with Gasteiger partial charge in [-0.05, 0) is 36.8 Å². The van der Waals surface area contributed by atoms with Gasteiger partial charge in [0.15, 0.2) is 0 Å². The van der Waals surface area contributed by atoms with E-state index in [2.05, 4.69) is 5.32 Å². The van der Waals surface area contributed by atoms with Gasteiger partial charge in [0.05, 0.1) is 11.3 Å². The summed E-state index contributed by atoms with van der Waals surface area (Å²) in [5.74, 6) is 0.341. The smallest absolute Gasteiger partial charge is 0.259 e. The van der Waals surface area contributed by atoms with E-state index in [1.54, 1.807) is 38.2 Å². The molecule has 0 saturated carbocycles. The number of carbonyl (C=O) groups is 1. The van der Waals surface area contributed by atoms with Crippen LogP contribution >= 0.6 is 0 Å². The minimum atomic E-state index is -0.362. The molecular formula is C21H21N3O3. The zero-order valence-electron chi connectivity index (χ0n) is 15.2. The van der Waals surface area contributed by atoms with Crippen molar-refractivity contribution >= 4 is 17.3 Å². The fourth-order valence-electron chi connectivity index (χ4n) is 2.71. The number of carbonyl (C=O) groups excluding carboxylic acids is 1. The summed E-state index contributed by atoms with van der Waals surface area (Å²) in [6.45, 7) is 2.16. The summed E-state index contributed by atoms with van der Waals surface area (Å²) in [7, 11) is 1.60. The van der Waals surface area contributed by atoms with Gasteiger partial charge in [-0.15, -0.1) is 0 Å². The molecule has 3 N–H and O–H groups in total. The van der Waals surface area contributed by atoms with Gasteiger partial charge in [0.2, 0.25) is 0 Å². The Morgan fingerprint density at radius 1 is 1.11 bits per heavy atom. The van der Waals surface area contributed by atoms with Crippen LogP contribution in [0.4, 0.5) is 11.4 Å². The second kappa shape index (κ2) is 7.78. The highest BCUT2D eigenvalue weighted by Gasteiger charge is 2.16. The largest absolute Gasteiger partial charge is 0.489 e. The molecule has 6 heteroatoms. The highest BCUT2D eigenvalue weighted by Crippen LogP contribution is 2.20. The Labute approximate surface area is 157 Å². The minimum absolute atomic E-state index is 0.163. The van der Waals surface area contributed by atoms with E-state index in [9.17, 15) is 9.59 Å². The molecule has 3 rings (SSSR count). The molecule has 6 nitrogen and oxygen atoms in total. The number of nitrogens with zero attached hydrogens (tertiary/aromatic N) is 1. The number of anilines is 2. The number of ether oxygens (including phenoxy) is 1. The third-order valence-corrected chi connectivity index (χ3v) is 4.35. The first-order valence-corrected chi connectivity index (χ1v) is 8.50. The number of nitrogens with one attached hydrogen (secondary N) is 1. The lowest BCUT2D eigenvalue weighted by Crippen LogP contribution is -2.25. The lowest BCUT2D eigenvalue weighted by Gasteiger charge is -2.13. The van der Waals surface area contributed by atoms with E-state index >= 15 is 0 Å². The highest BCUT2D eigenvalue weighted by atomic mass is 16.5. The minimum Gasteiger partial charge on any atom is -0.489 e. The lowest BCUT2D eigenvalue weighted by atomic mass is 10.1. The third kappa shape index (κ3) is 4.17. The summed E-state index contributed by atoms with van der Waals surface area (Å²) < 4.78 is 7.13. The Hall–Kier alpha value is -3.54. The van der Waals surface area contributed by atoms with Crippen LogP contribution in [0.1, 0.15) is 21.6 Å². The monoisotopic (exact) mass is 363 g/mol. The van der Waals surface area contributed by atoms with Crippen LogP contribution in [-0.2, 0) is 13.7 Å². The second-order valence-corrected chi connectivity index (χ2v) is 6.21. The number of benzene rings is 2. The van der Waals surface area contributed by atoms with Gasteiger partial charge in [-0.2, -0.15) is 0 Å². The van der Waals surface area contributed by atoms with Gasteiger partial charge >= 0.3 is 0 Å². The number of rotatable bonds is 5. The topological polar surface area (TPSA) is 86.3 Å². The number of hydrogen-bond acceptors (Lipinski definition) is 4.